The van der Waals surface area contributed by atoms with Crippen molar-refractivity contribution >= 4 is 22.6 Å². The van der Waals surface area contributed by atoms with E-state index in [1.165, 1.54) is 5.56 Å². The highest BCUT2D eigenvalue weighted by molar-refractivity contribution is 6.00. The molecule has 0 saturated carbocycles. The highest BCUT2D eigenvalue weighted by Gasteiger charge is 2.21. The average Bonchev–Trinajstić information content (AvgIpc) is 2.98. The monoisotopic (exact) mass is 539 g/mol. The van der Waals surface area contributed by atoms with Gasteiger partial charge in [0.05, 0.1) is 30.2 Å². The summed E-state index contributed by atoms with van der Waals surface area (Å²) in [6, 6.07) is 18.4. The normalized spacial score (nSPS) is 14.7. The molecule has 2 heterocycles. The maximum Gasteiger partial charge on any atom is 0.318 e. The lowest BCUT2D eigenvalue weighted by atomic mass is 9.98. The minimum atomic E-state index is -0.845. The molecule has 40 heavy (non-hydrogen) atoms. The van der Waals surface area contributed by atoms with Crippen LogP contribution in [0, 0.1) is 18.8 Å². The number of amides is 1. The maximum atomic E-state index is 13.5. The van der Waals surface area contributed by atoms with Crippen molar-refractivity contribution in [2.45, 2.75) is 33.2 Å². The summed E-state index contributed by atoms with van der Waals surface area (Å²) in [6.45, 7) is 10.1. The number of anilines is 1. The van der Waals surface area contributed by atoms with Gasteiger partial charge in [-0.05, 0) is 56.5 Å². The molecule has 8 heteroatoms. The second kappa shape index (κ2) is 11.9. The molecule has 0 aliphatic carbocycles. The Kier molecular flexibility index (Phi) is 8.19. The van der Waals surface area contributed by atoms with E-state index < -0.39 is 5.91 Å². The van der Waals surface area contributed by atoms with Gasteiger partial charge in [-0.2, -0.15) is 0 Å². The molecule has 4 aromatic rings. The summed E-state index contributed by atoms with van der Waals surface area (Å²) < 4.78 is 11.9. The molecule has 1 aliphatic rings. The molecule has 1 amide bonds. The smallest absolute Gasteiger partial charge is 0.318 e. The topological polar surface area (TPSA) is 101 Å². The van der Waals surface area contributed by atoms with Crippen LogP contribution in [-0.4, -0.2) is 43.7 Å². The van der Waals surface area contributed by atoms with E-state index in [1.807, 2.05) is 38.1 Å². The molecule has 1 atom stereocenters. The van der Waals surface area contributed by atoms with Crippen LogP contribution >= 0.6 is 0 Å². The van der Waals surface area contributed by atoms with E-state index in [-0.39, 0.29) is 17.0 Å². The van der Waals surface area contributed by atoms with Crippen LogP contribution in [0.5, 0.6) is 0 Å². The number of nitrogens with one attached hydrogen (secondary N) is 1. The molecule has 3 aromatic carbocycles. The number of morpholine rings is 1. The fourth-order valence-electron chi connectivity index (χ4n) is 5.26. The Labute approximate surface area is 232 Å². The summed E-state index contributed by atoms with van der Waals surface area (Å²) in [5.74, 6) is -0.308. The van der Waals surface area contributed by atoms with E-state index in [9.17, 15) is 14.5 Å². The molecule has 0 radical (unpaired) electrons. The molecule has 1 N–H and O–H groups in total. The minimum absolute atomic E-state index is 0.0782. The first-order valence-electron chi connectivity index (χ1n) is 13.6. The number of aryl methyl sites for hydroxylation is 1. The Hall–Kier alpha value is -4.14. The predicted molar refractivity (Wildman–Crippen MR) is 157 cm³/mol. The van der Waals surface area contributed by atoms with Crippen molar-refractivity contribution in [3.05, 3.63) is 104 Å². The lowest BCUT2D eigenvalue weighted by Gasteiger charge is -2.26. The molecule has 206 valence electrons. The van der Waals surface area contributed by atoms with Crippen LogP contribution in [0.15, 0.2) is 75.1 Å². The Bertz CT molecular complexity index is 1600. The number of rotatable bonds is 8. The molecule has 1 saturated heterocycles. The van der Waals surface area contributed by atoms with E-state index in [4.69, 9.17) is 9.15 Å². The summed E-state index contributed by atoms with van der Waals surface area (Å²) >= 11 is 0. The number of benzene rings is 3. The first-order chi connectivity index (χ1) is 19.4. The van der Waals surface area contributed by atoms with Gasteiger partial charge in [-0.3, -0.25) is 14.5 Å². The van der Waals surface area contributed by atoms with Crippen LogP contribution in [0.4, 0.5) is 5.69 Å². The summed E-state index contributed by atoms with van der Waals surface area (Å²) in [5, 5.41) is 6.39. The predicted octanol–water partition coefficient (Wildman–Crippen LogP) is 6.03. The third-order valence-electron chi connectivity index (χ3n) is 7.51. The van der Waals surface area contributed by atoms with Gasteiger partial charge in [-0.1, -0.05) is 42.5 Å². The van der Waals surface area contributed by atoms with Crippen molar-refractivity contribution in [3.8, 4) is 11.3 Å². The molecule has 0 spiro atoms. The zero-order valence-corrected chi connectivity index (χ0v) is 23.0. The van der Waals surface area contributed by atoms with Gasteiger partial charge in [0.15, 0.2) is 5.43 Å². The van der Waals surface area contributed by atoms with Crippen molar-refractivity contribution in [1.82, 2.24) is 4.90 Å². The summed E-state index contributed by atoms with van der Waals surface area (Å²) in [7, 11) is 0. The number of ether oxygens (including phenoxy) is 1. The fraction of sp³-hybridized carbons (Fsp3) is 0.312. The minimum Gasteiger partial charge on any atom is -0.455 e. The van der Waals surface area contributed by atoms with Gasteiger partial charge in [0.1, 0.15) is 11.3 Å². The molecule has 1 aliphatic heterocycles. The zero-order chi connectivity index (χ0) is 28.2. The highest BCUT2D eigenvalue weighted by Crippen LogP contribution is 2.33. The number of fused-ring (bicyclic) bond motifs is 1. The molecule has 1 unspecified atom stereocenters. The SMILES string of the molecule is Cc1cc(C(C)Nc2ccccc2C(=O)N=O)c2oc(-c3ccc(CCN4CCOCC4)cc3)c(C)c(=O)c2c1. The van der Waals surface area contributed by atoms with Crippen LogP contribution in [0.3, 0.4) is 0 Å². The standard InChI is InChI=1S/C32H33N3O5/c1-20-18-26(22(3)33-28-7-5-4-6-25(28)32(37)34-38)31-27(19-20)29(36)21(2)30(40-31)24-10-8-23(9-11-24)12-13-35-14-16-39-17-15-35/h4-11,18-19,22,33H,12-17H2,1-3H3. The van der Waals surface area contributed by atoms with Gasteiger partial charge in [0.2, 0.25) is 0 Å². The maximum absolute atomic E-state index is 13.5. The van der Waals surface area contributed by atoms with Crippen molar-refractivity contribution in [2.24, 2.45) is 5.18 Å². The lowest BCUT2D eigenvalue weighted by Crippen LogP contribution is -2.37. The number of hydrogen-bond acceptors (Lipinski definition) is 7. The van der Waals surface area contributed by atoms with E-state index in [1.54, 1.807) is 31.2 Å². The van der Waals surface area contributed by atoms with Gasteiger partial charge in [0.25, 0.3) is 0 Å². The lowest BCUT2D eigenvalue weighted by molar-refractivity contribution is 0.0384. The summed E-state index contributed by atoms with van der Waals surface area (Å²) in [4.78, 5) is 38.9. The molecule has 8 nitrogen and oxygen atoms in total. The molecular formula is C32H33N3O5. The Morgan fingerprint density at radius 2 is 1.77 bits per heavy atom. The Morgan fingerprint density at radius 1 is 1.05 bits per heavy atom. The Balaban J connectivity index is 1.48. The van der Waals surface area contributed by atoms with E-state index in [0.717, 1.165) is 56.0 Å². The number of nitroso groups, excluding NO2 is 1. The molecule has 1 aromatic heterocycles. The molecule has 0 bridgehead atoms. The third-order valence-corrected chi connectivity index (χ3v) is 7.51. The summed E-state index contributed by atoms with van der Waals surface area (Å²) in [6.07, 6.45) is 0.942. The van der Waals surface area contributed by atoms with Gasteiger partial charge in [0, 0.05) is 47.2 Å². The number of carbonyl (C=O) groups excluding carboxylic acids is 1. The van der Waals surface area contributed by atoms with Gasteiger partial charge in [-0.15, -0.1) is 4.91 Å². The molecular weight excluding hydrogens is 506 g/mol. The van der Waals surface area contributed by atoms with E-state index in [2.05, 4.69) is 27.5 Å². The fourth-order valence-corrected chi connectivity index (χ4v) is 5.26. The largest absolute Gasteiger partial charge is 0.455 e. The number of nitrogens with zero attached hydrogens (tertiary/aromatic N) is 2. The van der Waals surface area contributed by atoms with E-state index in [0.29, 0.717) is 28.0 Å². The van der Waals surface area contributed by atoms with Crippen LogP contribution in [0.25, 0.3) is 22.3 Å². The van der Waals surface area contributed by atoms with Crippen LogP contribution in [-0.2, 0) is 11.2 Å². The molecule has 1 fully saturated rings. The van der Waals surface area contributed by atoms with E-state index >= 15 is 0 Å². The summed E-state index contributed by atoms with van der Waals surface area (Å²) in [5.41, 5.74) is 5.39. The van der Waals surface area contributed by atoms with Crippen LogP contribution in [0.1, 0.15) is 45.6 Å². The Morgan fingerprint density at radius 3 is 2.50 bits per heavy atom. The van der Waals surface area contributed by atoms with Crippen molar-refractivity contribution in [2.75, 3.05) is 38.2 Å². The first kappa shape index (κ1) is 27.4. The molecule has 5 rings (SSSR count). The van der Waals surface area contributed by atoms with Crippen LogP contribution < -0.4 is 10.7 Å². The second-order valence-electron chi connectivity index (χ2n) is 10.3. The first-order valence-corrected chi connectivity index (χ1v) is 13.6. The zero-order valence-electron chi connectivity index (χ0n) is 23.0. The van der Waals surface area contributed by atoms with Crippen LogP contribution in [0.2, 0.25) is 0 Å². The van der Waals surface area contributed by atoms with Crippen molar-refractivity contribution in [3.63, 3.8) is 0 Å². The van der Waals surface area contributed by atoms with Crippen molar-refractivity contribution < 1.29 is 13.9 Å². The second-order valence-corrected chi connectivity index (χ2v) is 10.3. The number of para-hydroxylation sites is 1. The average molecular weight is 540 g/mol. The third kappa shape index (κ3) is 5.73. The van der Waals surface area contributed by atoms with Crippen molar-refractivity contribution in [1.29, 1.82) is 0 Å². The van der Waals surface area contributed by atoms with Gasteiger partial charge in [-0.25, -0.2) is 0 Å². The quantitative estimate of drug-likeness (QED) is 0.273. The number of carbonyl (C=O) groups is 1. The highest BCUT2D eigenvalue weighted by atomic mass is 16.5. The van der Waals surface area contributed by atoms with Gasteiger partial charge >= 0.3 is 5.91 Å². The van der Waals surface area contributed by atoms with Gasteiger partial charge < -0.3 is 14.5 Å². The number of hydrogen-bond donors (Lipinski definition) is 1.